The van der Waals surface area contributed by atoms with Gasteiger partial charge in [0.2, 0.25) is 0 Å². The fourth-order valence-electron chi connectivity index (χ4n) is 2.50. The van der Waals surface area contributed by atoms with E-state index in [0.717, 1.165) is 28.8 Å². The fourth-order valence-corrected chi connectivity index (χ4v) is 3.46. The highest BCUT2D eigenvalue weighted by Crippen LogP contribution is 2.30. The second-order valence-electron chi connectivity index (χ2n) is 4.98. The number of fused-ring (bicyclic) bond motifs is 1. The number of rotatable bonds is 3. The summed E-state index contributed by atoms with van der Waals surface area (Å²) in [7, 11) is 0. The van der Waals surface area contributed by atoms with Crippen molar-refractivity contribution in [2.75, 3.05) is 6.54 Å². The normalized spacial score (nSPS) is 15.6. The maximum Gasteiger partial charge on any atom is 0.251 e. The van der Waals surface area contributed by atoms with Crippen LogP contribution in [-0.2, 0) is 12.8 Å². The van der Waals surface area contributed by atoms with E-state index in [2.05, 4.69) is 12.2 Å². The monoisotopic (exact) mass is 287 g/mol. The molecule has 2 aromatic rings. The number of hydrogen-bond donors (Lipinski definition) is 2. The summed E-state index contributed by atoms with van der Waals surface area (Å²) in [6.07, 6.45) is 1.18. The number of aliphatic hydroxyl groups excluding tert-OH is 1. The molecule has 4 heteroatoms. The minimum Gasteiger partial charge on any atom is -0.383 e. The van der Waals surface area contributed by atoms with E-state index in [1.54, 1.807) is 11.3 Å². The minimum absolute atomic E-state index is 0.0410. The van der Waals surface area contributed by atoms with Crippen molar-refractivity contribution >= 4 is 17.2 Å². The molecule has 2 heterocycles. The highest BCUT2D eigenvalue weighted by Gasteiger charge is 2.20. The summed E-state index contributed by atoms with van der Waals surface area (Å²) in [6.45, 7) is 2.80. The minimum atomic E-state index is -0.652. The average Bonchev–Trinajstić information content (AvgIpc) is 2.95. The molecule has 1 aliphatic heterocycles. The Morgan fingerprint density at radius 1 is 1.35 bits per heavy atom. The molecule has 0 bridgehead atoms. The molecule has 20 heavy (non-hydrogen) atoms. The molecule has 1 amide bonds. The summed E-state index contributed by atoms with van der Waals surface area (Å²) in [6, 6.07) is 9.72. The average molecular weight is 287 g/mol. The molecule has 2 N–H and O–H groups in total. The fraction of sp³-hybridized carbons (Fsp3) is 0.312. The van der Waals surface area contributed by atoms with E-state index < -0.39 is 6.10 Å². The molecule has 1 unspecified atom stereocenters. The highest BCUT2D eigenvalue weighted by atomic mass is 32.1. The number of benzene rings is 1. The van der Waals surface area contributed by atoms with E-state index in [1.807, 2.05) is 30.3 Å². The Hall–Kier alpha value is -1.65. The summed E-state index contributed by atoms with van der Waals surface area (Å²) in [5.74, 6) is -0.0410. The number of carbonyl (C=O) groups is 1. The summed E-state index contributed by atoms with van der Waals surface area (Å²) in [4.78, 5) is 14.0. The number of thiophene rings is 1. The van der Waals surface area contributed by atoms with Crippen molar-refractivity contribution in [1.82, 2.24) is 5.32 Å². The second kappa shape index (κ2) is 5.38. The molecular weight excluding hydrogens is 270 g/mol. The smallest absolute Gasteiger partial charge is 0.251 e. The van der Waals surface area contributed by atoms with Crippen molar-refractivity contribution in [3.63, 3.8) is 0 Å². The quantitative estimate of drug-likeness (QED) is 0.912. The van der Waals surface area contributed by atoms with Crippen LogP contribution in [0.4, 0.5) is 0 Å². The van der Waals surface area contributed by atoms with Gasteiger partial charge in [0.15, 0.2) is 0 Å². The first-order chi connectivity index (χ1) is 9.69. The zero-order chi connectivity index (χ0) is 14.1. The van der Waals surface area contributed by atoms with E-state index in [0.29, 0.717) is 12.1 Å². The number of carbonyl (C=O) groups excluding carboxylic acids is 1. The lowest BCUT2D eigenvalue weighted by atomic mass is 9.96. The molecule has 0 aliphatic carbocycles. The molecule has 0 spiro atoms. The molecule has 1 atom stereocenters. The Labute approximate surface area is 122 Å². The molecule has 1 aromatic carbocycles. The third kappa shape index (κ3) is 2.37. The third-order valence-electron chi connectivity index (χ3n) is 3.67. The van der Waals surface area contributed by atoms with Crippen LogP contribution in [0.25, 0.3) is 0 Å². The summed E-state index contributed by atoms with van der Waals surface area (Å²) < 4.78 is 0. The Kier molecular flexibility index (Phi) is 3.59. The number of hydrogen-bond acceptors (Lipinski definition) is 3. The predicted molar refractivity (Wildman–Crippen MR) is 80.2 cm³/mol. The molecule has 0 saturated carbocycles. The van der Waals surface area contributed by atoms with E-state index >= 15 is 0 Å². The zero-order valence-electron chi connectivity index (χ0n) is 11.3. The standard InChI is InChI=1S/C16H17NO2S/c1-2-12-5-6-14(20-12)15(18)11-4-3-10-7-8-17-16(19)13(10)9-11/h3-6,9,15,18H,2,7-8H2,1H3,(H,17,19). The zero-order valence-corrected chi connectivity index (χ0v) is 12.2. The van der Waals surface area contributed by atoms with Gasteiger partial charge in [0.1, 0.15) is 6.10 Å². The Balaban J connectivity index is 1.93. The van der Waals surface area contributed by atoms with Crippen molar-refractivity contribution < 1.29 is 9.90 Å². The van der Waals surface area contributed by atoms with Gasteiger partial charge in [-0.15, -0.1) is 11.3 Å². The Morgan fingerprint density at radius 2 is 2.20 bits per heavy atom. The first kappa shape index (κ1) is 13.3. The van der Waals surface area contributed by atoms with E-state index in [4.69, 9.17) is 0 Å². The summed E-state index contributed by atoms with van der Waals surface area (Å²) >= 11 is 1.62. The molecule has 3 rings (SSSR count). The first-order valence-electron chi connectivity index (χ1n) is 6.86. The number of amides is 1. The van der Waals surface area contributed by atoms with Crippen LogP contribution in [0.3, 0.4) is 0 Å². The summed E-state index contributed by atoms with van der Waals surface area (Å²) in [5, 5.41) is 13.3. The van der Waals surface area contributed by atoms with Crippen molar-refractivity contribution in [3.05, 3.63) is 56.8 Å². The molecule has 0 radical (unpaired) electrons. The molecule has 0 saturated heterocycles. The van der Waals surface area contributed by atoms with Gasteiger partial charge in [0.05, 0.1) is 0 Å². The van der Waals surface area contributed by atoms with Crippen LogP contribution >= 0.6 is 11.3 Å². The first-order valence-corrected chi connectivity index (χ1v) is 7.68. The molecule has 1 aliphatic rings. The van der Waals surface area contributed by atoms with Crippen molar-refractivity contribution in [1.29, 1.82) is 0 Å². The van der Waals surface area contributed by atoms with Gasteiger partial charge in [0.25, 0.3) is 5.91 Å². The Bertz CT molecular complexity index is 648. The van der Waals surface area contributed by atoms with Crippen LogP contribution in [0.5, 0.6) is 0 Å². The third-order valence-corrected chi connectivity index (χ3v) is 4.96. The lowest BCUT2D eigenvalue weighted by Crippen LogP contribution is -2.31. The highest BCUT2D eigenvalue weighted by molar-refractivity contribution is 7.12. The van der Waals surface area contributed by atoms with Gasteiger partial charge in [0, 0.05) is 21.9 Å². The van der Waals surface area contributed by atoms with Crippen LogP contribution in [0.15, 0.2) is 30.3 Å². The number of aliphatic hydroxyl groups is 1. The second-order valence-corrected chi connectivity index (χ2v) is 6.18. The number of aryl methyl sites for hydroxylation is 1. The van der Waals surface area contributed by atoms with Crippen molar-refractivity contribution in [2.45, 2.75) is 25.9 Å². The van der Waals surface area contributed by atoms with E-state index in [1.165, 1.54) is 4.88 Å². The van der Waals surface area contributed by atoms with Gasteiger partial charge in [-0.1, -0.05) is 19.1 Å². The molecule has 1 aromatic heterocycles. The summed E-state index contributed by atoms with van der Waals surface area (Å²) in [5.41, 5.74) is 2.54. The van der Waals surface area contributed by atoms with E-state index in [9.17, 15) is 9.90 Å². The SMILES string of the molecule is CCc1ccc(C(O)c2ccc3c(c2)C(=O)NCC3)s1. The molecule has 0 fully saturated rings. The van der Waals surface area contributed by atoms with E-state index in [-0.39, 0.29) is 5.91 Å². The maximum absolute atomic E-state index is 11.9. The molecule has 3 nitrogen and oxygen atoms in total. The lowest BCUT2D eigenvalue weighted by molar-refractivity contribution is 0.0945. The van der Waals surface area contributed by atoms with Crippen molar-refractivity contribution in [2.24, 2.45) is 0 Å². The maximum atomic E-state index is 11.9. The van der Waals surface area contributed by atoms with Crippen LogP contribution in [0, 0.1) is 0 Å². The van der Waals surface area contributed by atoms with Crippen LogP contribution in [-0.4, -0.2) is 17.6 Å². The van der Waals surface area contributed by atoms with Crippen LogP contribution in [0.1, 0.15) is 44.3 Å². The number of nitrogens with one attached hydrogen (secondary N) is 1. The predicted octanol–water partition coefficient (Wildman–Crippen LogP) is 2.68. The van der Waals surface area contributed by atoms with Gasteiger partial charge < -0.3 is 10.4 Å². The van der Waals surface area contributed by atoms with Gasteiger partial charge in [-0.2, -0.15) is 0 Å². The van der Waals surface area contributed by atoms with Gasteiger partial charge in [-0.3, -0.25) is 4.79 Å². The largest absolute Gasteiger partial charge is 0.383 e. The molecular formula is C16H17NO2S. The van der Waals surface area contributed by atoms with Crippen LogP contribution < -0.4 is 5.32 Å². The Morgan fingerprint density at radius 3 is 2.95 bits per heavy atom. The topological polar surface area (TPSA) is 49.3 Å². The van der Waals surface area contributed by atoms with Gasteiger partial charge in [-0.25, -0.2) is 0 Å². The van der Waals surface area contributed by atoms with Gasteiger partial charge >= 0.3 is 0 Å². The molecule has 104 valence electrons. The lowest BCUT2D eigenvalue weighted by Gasteiger charge is -2.18. The van der Waals surface area contributed by atoms with Crippen molar-refractivity contribution in [3.8, 4) is 0 Å². The van der Waals surface area contributed by atoms with Crippen LogP contribution in [0.2, 0.25) is 0 Å². The van der Waals surface area contributed by atoms with Gasteiger partial charge in [-0.05, 0) is 42.2 Å².